The van der Waals surface area contributed by atoms with Gasteiger partial charge in [-0.1, -0.05) is 121 Å². The molecule has 0 atom stereocenters. The Balaban J connectivity index is 0.00000432. The van der Waals surface area contributed by atoms with Crippen molar-refractivity contribution in [1.82, 2.24) is 19.1 Å². The number of phenols is 1. The Kier molecular flexibility index (Phi) is 9.75. The number of hydrogen-bond acceptors (Lipinski definition) is 3. The normalized spacial score (nSPS) is 11.8. The maximum Gasteiger partial charge on any atom is 0.119 e. The van der Waals surface area contributed by atoms with Crippen LogP contribution in [0.5, 0.6) is 5.75 Å². The van der Waals surface area contributed by atoms with Crippen LogP contribution in [-0.4, -0.2) is 24.2 Å². The van der Waals surface area contributed by atoms with E-state index in [1.54, 1.807) is 6.07 Å². The standard InChI is InChI=1S/C44H43N4O.Pt/c1-28(2)33-21-14-22-34(29(3)4)41(33)47-27-37(45-42(47)31-17-13-16-30(26-31)35-20-11-12-25-39(35)49)36-23-15-24-38-40(36)46-43(44(5,6)7)48(38)32-18-9-8-10-19-32;/h8-25,27-29,49H,1-7H3;/q-1;. The van der Waals surface area contributed by atoms with Gasteiger partial charge in [0.05, 0.1) is 28.3 Å². The number of nitrogens with zero attached hydrogens (tertiary/aromatic N) is 4. The van der Waals surface area contributed by atoms with Crippen molar-refractivity contribution in [2.45, 2.75) is 65.7 Å². The third-order valence-electron chi connectivity index (χ3n) is 9.17. The van der Waals surface area contributed by atoms with Crippen LogP contribution in [0.15, 0.2) is 115 Å². The second-order valence-corrected chi connectivity index (χ2v) is 14.4. The van der Waals surface area contributed by atoms with Crippen LogP contribution >= 0.6 is 0 Å². The third-order valence-corrected chi connectivity index (χ3v) is 9.17. The summed E-state index contributed by atoms with van der Waals surface area (Å²) in [5.41, 5.74) is 10.7. The number of hydrogen-bond donors (Lipinski definition) is 1. The SMILES string of the molecule is CC(C)c1cccc(C(C)C)c1-n1cc(-c2cccc3c2nc(C(C)(C)C)n3-c2ccccc2)nc1-c1[c-]c(-c2ccccc2O)ccc1.[Pt]. The molecule has 7 rings (SSSR count). The zero-order valence-electron chi connectivity index (χ0n) is 29.7. The Morgan fingerprint density at radius 2 is 1.26 bits per heavy atom. The zero-order valence-corrected chi connectivity index (χ0v) is 31.9. The molecule has 6 heteroatoms. The van der Waals surface area contributed by atoms with Crippen LogP contribution in [-0.2, 0) is 26.5 Å². The summed E-state index contributed by atoms with van der Waals surface area (Å²) in [6.45, 7) is 15.6. The predicted octanol–water partition coefficient (Wildman–Crippen LogP) is 11.3. The molecule has 256 valence electrons. The van der Waals surface area contributed by atoms with Crippen LogP contribution in [0.2, 0.25) is 0 Å². The van der Waals surface area contributed by atoms with Gasteiger partial charge in [-0.2, -0.15) is 0 Å². The molecule has 0 aliphatic carbocycles. The van der Waals surface area contributed by atoms with E-state index in [1.807, 2.05) is 36.4 Å². The molecule has 0 fully saturated rings. The topological polar surface area (TPSA) is 55.9 Å². The first-order valence-corrected chi connectivity index (χ1v) is 17.1. The Labute approximate surface area is 310 Å². The van der Waals surface area contributed by atoms with Crippen LogP contribution in [0, 0.1) is 6.07 Å². The summed E-state index contributed by atoms with van der Waals surface area (Å²) < 4.78 is 4.55. The monoisotopic (exact) mass is 838 g/mol. The van der Waals surface area contributed by atoms with Gasteiger partial charge in [0.15, 0.2) is 0 Å². The van der Waals surface area contributed by atoms with E-state index in [0.717, 1.165) is 62.0 Å². The van der Waals surface area contributed by atoms with Crippen LogP contribution in [0.3, 0.4) is 0 Å². The van der Waals surface area contributed by atoms with Gasteiger partial charge >= 0.3 is 0 Å². The van der Waals surface area contributed by atoms with E-state index in [-0.39, 0.29) is 32.2 Å². The van der Waals surface area contributed by atoms with Gasteiger partial charge in [-0.05, 0) is 52.8 Å². The second kappa shape index (κ2) is 13.9. The van der Waals surface area contributed by atoms with E-state index in [4.69, 9.17) is 9.97 Å². The largest absolute Gasteiger partial charge is 0.515 e. The molecule has 0 unspecified atom stereocenters. The molecule has 0 saturated carbocycles. The minimum absolute atomic E-state index is 0. The van der Waals surface area contributed by atoms with Gasteiger partial charge in [0.2, 0.25) is 0 Å². The quantitative estimate of drug-likeness (QED) is 0.163. The van der Waals surface area contributed by atoms with Crippen molar-refractivity contribution in [3.8, 4) is 50.9 Å². The number of imidazole rings is 2. The molecular weight excluding hydrogens is 796 g/mol. The smallest absolute Gasteiger partial charge is 0.119 e. The maximum atomic E-state index is 10.7. The first-order valence-electron chi connectivity index (χ1n) is 17.1. The summed E-state index contributed by atoms with van der Waals surface area (Å²) >= 11 is 0. The predicted molar refractivity (Wildman–Crippen MR) is 202 cm³/mol. The van der Waals surface area contributed by atoms with Crippen molar-refractivity contribution in [3.63, 3.8) is 0 Å². The average molecular weight is 839 g/mol. The molecule has 0 aliphatic rings. The van der Waals surface area contributed by atoms with E-state index < -0.39 is 0 Å². The number of fused-ring (bicyclic) bond motifs is 1. The molecule has 5 nitrogen and oxygen atoms in total. The number of aromatic hydroxyl groups is 1. The molecule has 50 heavy (non-hydrogen) atoms. The van der Waals surface area contributed by atoms with E-state index >= 15 is 0 Å². The number of rotatable bonds is 7. The molecule has 2 heterocycles. The van der Waals surface area contributed by atoms with Crippen LogP contribution in [0.1, 0.15) is 77.3 Å². The number of aromatic nitrogens is 4. The van der Waals surface area contributed by atoms with Crippen LogP contribution < -0.4 is 0 Å². The Morgan fingerprint density at radius 1 is 0.660 bits per heavy atom. The molecular formula is C44H43N4OPt-. The number of benzene rings is 5. The van der Waals surface area contributed by atoms with Gasteiger partial charge in [0.25, 0.3) is 0 Å². The van der Waals surface area contributed by atoms with Gasteiger partial charge in [0, 0.05) is 49.6 Å². The fourth-order valence-electron chi connectivity index (χ4n) is 6.77. The zero-order chi connectivity index (χ0) is 34.4. The molecule has 5 aromatic carbocycles. The molecule has 0 radical (unpaired) electrons. The van der Waals surface area contributed by atoms with Gasteiger partial charge < -0.3 is 9.67 Å². The van der Waals surface area contributed by atoms with Crippen molar-refractivity contribution in [3.05, 3.63) is 138 Å². The molecule has 0 spiro atoms. The summed E-state index contributed by atoms with van der Waals surface area (Å²) in [4.78, 5) is 10.8. The number of phenolic OH excluding ortho intramolecular Hbond substituents is 1. The van der Waals surface area contributed by atoms with E-state index in [0.29, 0.717) is 11.8 Å². The molecule has 0 amide bonds. The second-order valence-electron chi connectivity index (χ2n) is 14.4. The van der Waals surface area contributed by atoms with Crippen molar-refractivity contribution < 1.29 is 26.2 Å². The Hall–Kier alpha value is -4.73. The summed E-state index contributed by atoms with van der Waals surface area (Å²) in [6.07, 6.45) is 2.18. The van der Waals surface area contributed by atoms with E-state index in [2.05, 4.69) is 137 Å². The number of para-hydroxylation sites is 4. The van der Waals surface area contributed by atoms with E-state index in [9.17, 15) is 5.11 Å². The van der Waals surface area contributed by atoms with Crippen molar-refractivity contribution in [1.29, 1.82) is 0 Å². The van der Waals surface area contributed by atoms with Gasteiger partial charge in [-0.15, -0.1) is 29.8 Å². The van der Waals surface area contributed by atoms with E-state index in [1.165, 1.54) is 11.1 Å². The molecule has 0 bridgehead atoms. The fraction of sp³-hybridized carbons (Fsp3) is 0.227. The Bertz CT molecular complexity index is 2260. The summed E-state index contributed by atoms with van der Waals surface area (Å²) in [5, 5.41) is 10.7. The summed E-state index contributed by atoms with van der Waals surface area (Å²) in [5.74, 6) is 2.60. The van der Waals surface area contributed by atoms with Crippen LogP contribution in [0.4, 0.5) is 0 Å². The molecule has 0 aliphatic heterocycles. The summed E-state index contributed by atoms with van der Waals surface area (Å²) in [6, 6.07) is 40.6. The van der Waals surface area contributed by atoms with Gasteiger partial charge in [0.1, 0.15) is 5.82 Å². The first-order chi connectivity index (χ1) is 23.5. The fourth-order valence-corrected chi connectivity index (χ4v) is 6.77. The third kappa shape index (κ3) is 6.36. The molecule has 2 aromatic heterocycles. The molecule has 7 aromatic rings. The van der Waals surface area contributed by atoms with Gasteiger partial charge in [-0.3, -0.25) is 9.55 Å². The first kappa shape index (κ1) is 35.1. The summed E-state index contributed by atoms with van der Waals surface area (Å²) in [7, 11) is 0. The molecule has 1 N–H and O–H groups in total. The minimum Gasteiger partial charge on any atom is -0.515 e. The van der Waals surface area contributed by atoms with Crippen LogP contribution in [0.25, 0.3) is 56.2 Å². The maximum absolute atomic E-state index is 10.7. The van der Waals surface area contributed by atoms with Crippen molar-refractivity contribution >= 4 is 11.0 Å². The minimum atomic E-state index is -0.197. The average Bonchev–Trinajstić information content (AvgIpc) is 3.72. The van der Waals surface area contributed by atoms with Gasteiger partial charge in [-0.25, -0.2) is 4.98 Å². The Morgan fingerprint density at radius 3 is 1.92 bits per heavy atom. The van der Waals surface area contributed by atoms with Crippen molar-refractivity contribution in [2.75, 3.05) is 0 Å². The molecule has 0 saturated heterocycles. The van der Waals surface area contributed by atoms with Crippen molar-refractivity contribution in [2.24, 2.45) is 0 Å².